The quantitative estimate of drug-likeness (QED) is 0.602. The van der Waals surface area contributed by atoms with Gasteiger partial charge in [0.15, 0.2) is 0 Å². The minimum Gasteiger partial charge on any atom is -0.302 e. The van der Waals surface area contributed by atoms with Gasteiger partial charge in [0.2, 0.25) is 0 Å². The van der Waals surface area contributed by atoms with Gasteiger partial charge < -0.3 is 4.90 Å². The summed E-state index contributed by atoms with van der Waals surface area (Å²) in [5.41, 5.74) is 0.949. The summed E-state index contributed by atoms with van der Waals surface area (Å²) in [6, 6.07) is 6.84. The molecule has 0 atom stereocenters. The number of para-hydroxylation sites is 1. The van der Waals surface area contributed by atoms with Crippen molar-refractivity contribution in [3.05, 3.63) is 39.9 Å². The summed E-state index contributed by atoms with van der Waals surface area (Å²) in [6.45, 7) is 2.33. The van der Waals surface area contributed by atoms with E-state index in [9.17, 15) is 14.9 Å². The van der Waals surface area contributed by atoms with Gasteiger partial charge in [-0.3, -0.25) is 14.9 Å². The van der Waals surface area contributed by atoms with Gasteiger partial charge in [0.25, 0.3) is 5.69 Å². The van der Waals surface area contributed by atoms with Crippen LogP contribution in [0.4, 0.5) is 5.69 Å². The smallest absolute Gasteiger partial charge is 0.272 e. The summed E-state index contributed by atoms with van der Waals surface area (Å²) in [4.78, 5) is 23.8. The van der Waals surface area contributed by atoms with Crippen LogP contribution in [0.15, 0.2) is 24.3 Å². The maximum atomic E-state index is 11.1. The molecular formula is C13H16N2O3. The first-order valence-electron chi connectivity index (χ1n) is 6.13. The van der Waals surface area contributed by atoms with Crippen LogP contribution < -0.4 is 0 Å². The van der Waals surface area contributed by atoms with E-state index in [1.165, 1.54) is 6.07 Å². The number of piperidine rings is 1. The predicted molar refractivity (Wildman–Crippen MR) is 67.5 cm³/mol. The van der Waals surface area contributed by atoms with E-state index in [-0.39, 0.29) is 10.6 Å². The van der Waals surface area contributed by atoms with Crippen LogP contribution in [-0.2, 0) is 11.2 Å². The Morgan fingerprint density at radius 2 is 1.89 bits per heavy atom. The lowest BCUT2D eigenvalue weighted by Gasteiger charge is -2.25. The number of carbonyl (C=O) groups is 1. The van der Waals surface area contributed by atoms with Crippen molar-refractivity contribution in [1.29, 1.82) is 0 Å². The van der Waals surface area contributed by atoms with Crippen molar-refractivity contribution in [3.63, 3.8) is 0 Å². The molecule has 0 aliphatic carbocycles. The zero-order chi connectivity index (χ0) is 13.0. The second-order valence-corrected chi connectivity index (χ2v) is 4.52. The lowest BCUT2D eigenvalue weighted by molar-refractivity contribution is -0.385. The van der Waals surface area contributed by atoms with Crippen LogP contribution in [-0.4, -0.2) is 35.2 Å². The normalized spacial score (nSPS) is 16.8. The topological polar surface area (TPSA) is 63.5 Å². The Morgan fingerprint density at radius 1 is 1.22 bits per heavy atom. The van der Waals surface area contributed by atoms with E-state index >= 15 is 0 Å². The molecule has 0 aromatic heterocycles. The number of nitro benzene ring substituents is 1. The fourth-order valence-electron chi connectivity index (χ4n) is 2.20. The number of nitrogens with zero attached hydrogens (tertiary/aromatic N) is 2. The van der Waals surface area contributed by atoms with Crippen LogP contribution in [0.3, 0.4) is 0 Å². The molecule has 1 saturated heterocycles. The second-order valence-electron chi connectivity index (χ2n) is 4.52. The summed E-state index contributed by atoms with van der Waals surface area (Å²) in [7, 11) is 0. The summed E-state index contributed by atoms with van der Waals surface area (Å²) in [5.74, 6) is 0.317. The molecule has 1 aliphatic heterocycles. The van der Waals surface area contributed by atoms with Gasteiger partial charge in [-0.2, -0.15) is 0 Å². The number of Topliss-reactive ketones (excluding diaryl/α,β-unsaturated/α-hetero) is 1. The van der Waals surface area contributed by atoms with E-state index in [0.29, 0.717) is 25.0 Å². The summed E-state index contributed by atoms with van der Waals surface area (Å²) < 4.78 is 0. The molecule has 0 spiro atoms. The third-order valence-electron chi connectivity index (χ3n) is 3.30. The number of hydrogen-bond acceptors (Lipinski definition) is 4. The third-order valence-corrected chi connectivity index (χ3v) is 3.30. The highest BCUT2D eigenvalue weighted by atomic mass is 16.6. The Kier molecular flexibility index (Phi) is 4.04. The van der Waals surface area contributed by atoms with E-state index in [0.717, 1.165) is 25.2 Å². The molecule has 96 valence electrons. The van der Waals surface area contributed by atoms with Crippen molar-refractivity contribution in [2.75, 3.05) is 19.6 Å². The van der Waals surface area contributed by atoms with E-state index in [2.05, 4.69) is 4.90 Å². The van der Waals surface area contributed by atoms with Gasteiger partial charge in [-0.05, 0) is 6.42 Å². The minimum atomic E-state index is -0.338. The Hall–Kier alpha value is -1.75. The molecule has 0 unspecified atom stereocenters. The Morgan fingerprint density at radius 3 is 2.56 bits per heavy atom. The van der Waals surface area contributed by atoms with Crippen LogP contribution >= 0.6 is 0 Å². The van der Waals surface area contributed by atoms with Crippen LogP contribution in [0.5, 0.6) is 0 Å². The molecule has 5 heteroatoms. The first-order chi connectivity index (χ1) is 8.66. The van der Waals surface area contributed by atoms with Crippen molar-refractivity contribution in [3.8, 4) is 0 Å². The number of ketones is 1. The highest BCUT2D eigenvalue weighted by Gasteiger charge is 2.17. The van der Waals surface area contributed by atoms with Crippen LogP contribution in [0.1, 0.15) is 18.4 Å². The van der Waals surface area contributed by atoms with Crippen LogP contribution in [0, 0.1) is 10.1 Å². The van der Waals surface area contributed by atoms with Crippen molar-refractivity contribution in [1.82, 2.24) is 4.90 Å². The van der Waals surface area contributed by atoms with Gasteiger partial charge in [0, 0.05) is 44.1 Å². The van der Waals surface area contributed by atoms with Gasteiger partial charge in [0.1, 0.15) is 5.78 Å². The lowest BCUT2D eigenvalue weighted by atomic mass is 10.1. The van der Waals surface area contributed by atoms with Crippen molar-refractivity contribution < 1.29 is 9.72 Å². The van der Waals surface area contributed by atoms with E-state index < -0.39 is 0 Å². The van der Waals surface area contributed by atoms with Gasteiger partial charge in [-0.15, -0.1) is 0 Å². The largest absolute Gasteiger partial charge is 0.302 e. The zero-order valence-corrected chi connectivity index (χ0v) is 10.2. The number of likely N-dealkylation sites (tertiary alicyclic amines) is 1. The van der Waals surface area contributed by atoms with Gasteiger partial charge >= 0.3 is 0 Å². The number of nitro groups is 1. The predicted octanol–water partition coefficient (Wildman–Crippen LogP) is 1.80. The first kappa shape index (κ1) is 12.7. The van der Waals surface area contributed by atoms with Gasteiger partial charge in [-0.1, -0.05) is 18.2 Å². The molecule has 0 amide bonds. The monoisotopic (exact) mass is 248 g/mol. The molecule has 0 N–H and O–H groups in total. The van der Waals surface area contributed by atoms with E-state index in [1.807, 2.05) is 6.07 Å². The molecule has 0 bridgehead atoms. The fourth-order valence-corrected chi connectivity index (χ4v) is 2.20. The molecule has 18 heavy (non-hydrogen) atoms. The molecular weight excluding hydrogens is 232 g/mol. The molecule has 2 rings (SSSR count). The Labute approximate surface area is 106 Å². The Balaban J connectivity index is 1.94. The maximum Gasteiger partial charge on any atom is 0.272 e. The van der Waals surface area contributed by atoms with Crippen molar-refractivity contribution in [2.24, 2.45) is 0 Å². The average Bonchev–Trinajstić information content (AvgIpc) is 2.38. The van der Waals surface area contributed by atoms with Gasteiger partial charge in [-0.25, -0.2) is 0 Å². The highest BCUT2D eigenvalue weighted by Crippen LogP contribution is 2.18. The lowest BCUT2D eigenvalue weighted by Crippen LogP contribution is -2.35. The summed E-state index contributed by atoms with van der Waals surface area (Å²) in [6.07, 6.45) is 1.87. The molecule has 1 aromatic rings. The molecule has 0 radical (unpaired) electrons. The number of benzene rings is 1. The van der Waals surface area contributed by atoms with Crippen molar-refractivity contribution in [2.45, 2.75) is 19.3 Å². The first-order valence-corrected chi connectivity index (χ1v) is 6.13. The number of carbonyl (C=O) groups excluding carboxylic acids is 1. The summed E-state index contributed by atoms with van der Waals surface area (Å²) in [5, 5.41) is 10.9. The third kappa shape index (κ3) is 3.13. The SMILES string of the molecule is O=C1CCN(CCc2ccccc2[N+](=O)[O-])CC1. The second kappa shape index (κ2) is 5.73. The van der Waals surface area contributed by atoms with Crippen LogP contribution in [0.2, 0.25) is 0 Å². The molecule has 0 saturated carbocycles. The molecule has 1 aliphatic rings. The Bertz CT molecular complexity index is 449. The average molecular weight is 248 g/mol. The standard InChI is InChI=1S/C13H16N2O3/c16-12-6-9-14(10-7-12)8-5-11-3-1-2-4-13(11)15(17)18/h1-4H,5-10H2. The molecule has 1 aromatic carbocycles. The zero-order valence-electron chi connectivity index (χ0n) is 10.2. The maximum absolute atomic E-state index is 11.1. The minimum absolute atomic E-state index is 0.186. The van der Waals surface area contributed by atoms with E-state index in [1.54, 1.807) is 12.1 Å². The van der Waals surface area contributed by atoms with Crippen molar-refractivity contribution >= 4 is 11.5 Å². The molecule has 1 fully saturated rings. The fraction of sp³-hybridized carbons (Fsp3) is 0.462. The summed E-state index contributed by atoms with van der Waals surface area (Å²) >= 11 is 0. The van der Waals surface area contributed by atoms with Crippen LogP contribution in [0.25, 0.3) is 0 Å². The molecule has 1 heterocycles. The number of rotatable bonds is 4. The highest BCUT2D eigenvalue weighted by molar-refractivity contribution is 5.79. The molecule has 5 nitrogen and oxygen atoms in total. The van der Waals surface area contributed by atoms with E-state index in [4.69, 9.17) is 0 Å². The van der Waals surface area contributed by atoms with Gasteiger partial charge in [0.05, 0.1) is 4.92 Å². The number of hydrogen-bond donors (Lipinski definition) is 0.